The van der Waals surface area contributed by atoms with Gasteiger partial charge in [-0.15, -0.1) is 0 Å². The van der Waals surface area contributed by atoms with E-state index in [0.717, 1.165) is 17.4 Å². The van der Waals surface area contributed by atoms with E-state index in [9.17, 15) is 17.6 Å². The molecule has 4 rings (SSSR count). The maximum atomic E-state index is 13.6. The Morgan fingerprint density at radius 2 is 1.97 bits per heavy atom. The molecule has 0 spiro atoms. The summed E-state index contributed by atoms with van der Waals surface area (Å²) in [5.74, 6) is -1.14. The van der Waals surface area contributed by atoms with Gasteiger partial charge < -0.3 is 5.32 Å². The molecule has 1 aliphatic heterocycles. The highest BCUT2D eigenvalue weighted by molar-refractivity contribution is 9.10. The average molecular weight is 517 g/mol. The van der Waals surface area contributed by atoms with Crippen molar-refractivity contribution in [2.45, 2.75) is 19.3 Å². The minimum absolute atomic E-state index is 0.00110. The van der Waals surface area contributed by atoms with Crippen LogP contribution in [0.4, 0.5) is 10.2 Å². The van der Waals surface area contributed by atoms with Crippen LogP contribution < -0.4 is 11.1 Å². The van der Waals surface area contributed by atoms with E-state index in [4.69, 9.17) is 9.15 Å². The number of hydrogen-bond acceptors (Lipinski definition) is 9. The van der Waals surface area contributed by atoms with Crippen LogP contribution in [0.3, 0.4) is 0 Å². The van der Waals surface area contributed by atoms with Crippen LogP contribution in [0.5, 0.6) is 0 Å². The molecule has 1 saturated heterocycles. The number of halogens is 2. The van der Waals surface area contributed by atoms with Crippen molar-refractivity contribution in [3.63, 3.8) is 0 Å². The standard InChI is InChI=1S/C17H18BrFN6O5S/c18-12-10-11(4-5-13(12)19)25-16(23-29-17(25)26)14-15(22-30-21-14)20-6-3-9-31(27,28)24-7-1-2-8-24/h4-5,10H,1-3,6-9H2,(H,20,22). The molecule has 3 aromatic rings. The monoisotopic (exact) mass is 516 g/mol. The van der Waals surface area contributed by atoms with Gasteiger partial charge in [-0.2, -0.15) is 0 Å². The first-order valence-corrected chi connectivity index (χ1v) is 11.9. The molecule has 1 aliphatic rings. The molecular weight excluding hydrogens is 499 g/mol. The quantitative estimate of drug-likeness (QED) is 0.445. The number of benzene rings is 1. The molecule has 31 heavy (non-hydrogen) atoms. The summed E-state index contributed by atoms with van der Waals surface area (Å²) in [4.78, 5) is 12.2. The molecule has 0 unspecified atom stereocenters. The van der Waals surface area contributed by atoms with Crippen molar-refractivity contribution in [1.82, 2.24) is 24.3 Å². The van der Waals surface area contributed by atoms with E-state index in [1.54, 1.807) is 0 Å². The second kappa shape index (κ2) is 8.88. The highest BCUT2D eigenvalue weighted by Gasteiger charge is 2.25. The largest absolute Gasteiger partial charge is 0.446 e. The zero-order valence-electron chi connectivity index (χ0n) is 16.1. The number of sulfonamides is 1. The number of rotatable bonds is 8. The average Bonchev–Trinajstić information content (AvgIpc) is 3.48. The second-order valence-electron chi connectivity index (χ2n) is 6.87. The van der Waals surface area contributed by atoms with E-state index in [1.807, 2.05) is 0 Å². The Morgan fingerprint density at radius 1 is 1.19 bits per heavy atom. The van der Waals surface area contributed by atoms with E-state index in [0.29, 0.717) is 25.2 Å². The molecule has 2 aromatic heterocycles. The summed E-state index contributed by atoms with van der Waals surface area (Å²) < 4.78 is 50.4. The lowest BCUT2D eigenvalue weighted by molar-refractivity contribution is 0.309. The molecule has 0 bridgehead atoms. The van der Waals surface area contributed by atoms with Gasteiger partial charge in [-0.25, -0.2) is 31.1 Å². The molecular formula is C17H18BrFN6O5S. The van der Waals surface area contributed by atoms with Crippen LogP contribution in [0.1, 0.15) is 19.3 Å². The van der Waals surface area contributed by atoms with Crippen LogP contribution in [0.15, 0.2) is 36.6 Å². The van der Waals surface area contributed by atoms with Gasteiger partial charge in [0.05, 0.1) is 15.9 Å². The van der Waals surface area contributed by atoms with Gasteiger partial charge in [-0.1, -0.05) is 5.16 Å². The summed E-state index contributed by atoms with van der Waals surface area (Å²) in [6.07, 6.45) is 2.10. The fraction of sp³-hybridized carbons (Fsp3) is 0.412. The number of nitrogens with one attached hydrogen (secondary N) is 1. The topological polar surface area (TPSA) is 136 Å². The predicted molar refractivity (Wildman–Crippen MR) is 111 cm³/mol. The number of aromatic nitrogens is 4. The maximum Gasteiger partial charge on any atom is 0.446 e. The van der Waals surface area contributed by atoms with Gasteiger partial charge in [-0.3, -0.25) is 4.52 Å². The lowest BCUT2D eigenvalue weighted by atomic mass is 10.3. The van der Waals surface area contributed by atoms with Crippen molar-refractivity contribution in [3.8, 4) is 17.2 Å². The van der Waals surface area contributed by atoms with Crippen molar-refractivity contribution in [2.75, 3.05) is 30.7 Å². The molecule has 11 nitrogen and oxygen atoms in total. The van der Waals surface area contributed by atoms with Gasteiger partial charge in [-0.05, 0) is 63.7 Å². The minimum atomic E-state index is -3.28. The van der Waals surface area contributed by atoms with Crippen LogP contribution in [-0.4, -0.2) is 58.1 Å². The zero-order valence-corrected chi connectivity index (χ0v) is 18.5. The van der Waals surface area contributed by atoms with Crippen LogP contribution in [0, 0.1) is 5.82 Å². The van der Waals surface area contributed by atoms with Crippen molar-refractivity contribution < 1.29 is 22.0 Å². The highest BCUT2D eigenvalue weighted by Crippen LogP contribution is 2.26. The molecule has 0 aliphatic carbocycles. The summed E-state index contributed by atoms with van der Waals surface area (Å²) >= 11 is 3.07. The van der Waals surface area contributed by atoms with Crippen LogP contribution >= 0.6 is 15.9 Å². The van der Waals surface area contributed by atoms with E-state index >= 15 is 0 Å². The molecule has 3 heterocycles. The zero-order chi connectivity index (χ0) is 22.0. The minimum Gasteiger partial charge on any atom is -0.365 e. The molecule has 0 amide bonds. The van der Waals surface area contributed by atoms with Crippen molar-refractivity contribution in [3.05, 3.63) is 39.0 Å². The van der Waals surface area contributed by atoms with Gasteiger partial charge in [0.15, 0.2) is 5.69 Å². The van der Waals surface area contributed by atoms with Gasteiger partial charge >= 0.3 is 5.76 Å². The number of hydrogen-bond donors (Lipinski definition) is 1. The number of anilines is 1. The van der Waals surface area contributed by atoms with Crippen LogP contribution in [0.2, 0.25) is 0 Å². The first-order chi connectivity index (χ1) is 14.9. The number of nitrogens with zero attached hydrogens (tertiary/aromatic N) is 5. The Morgan fingerprint density at radius 3 is 2.71 bits per heavy atom. The lowest BCUT2D eigenvalue weighted by Crippen LogP contribution is -2.30. The van der Waals surface area contributed by atoms with Crippen molar-refractivity contribution in [1.29, 1.82) is 0 Å². The molecule has 166 valence electrons. The Kier molecular flexibility index (Phi) is 6.20. The van der Waals surface area contributed by atoms with E-state index < -0.39 is 21.6 Å². The van der Waals surface area contributed by atoms with Crippen LogP contribution in [0.25, 0.3) is 17.2 Å². The first-order valence-electron chi connectivity index (χ1n) is 9.45. The maximum absolute atomic E-state index is 13.6. The Hall–Kier alpha value is -2.58. The SMILES string of the molecule is O=c1onc(-c2nonc2NCCCS(=O)(=O)N2CCCC2)n1-c1ccc(F)c(Br)c1. The predicted octanol–water partition coefficient (Wildman–Crippen LogP) is 2.00. The Labute approximate surface area is 184 Å². The lowest BCUT2D eigenvalue weighted by Gasteiger charge is -2.15. The summed E-state index contributed by atoms with van der Waals surface area (Å²) in [5.41, 5.74) is 0.383. The van der Waals surface area contributed by atoms with Gasteiger partial charge in [0.2, 0.25) is 21.7 Å². The fourth-order valence-corrected chi connectivity index (χ4v) is 5.21. The molecule has 0 radical (unpaired) electrons. The third kappa shape index (κ3) is 4.55. The third-order valence-corrected chi connectivity index (χ3v) is 7.36. The Bertz CT molecular complexity index is 1230. The van der Waals surface area contributed by atoms with Gasteiger partial charge in [0.1, 0.15) is 5.82 Å². The Balaban J connectivity index is 1.49. The molecule has 14 heteroatoms. The van der Waals surface area contributed by atoms with E-state index in [-0.39, 0.29) is 34.1 Å². The molecule has 1 aromatic carbocycles. The molecule has 1 fully saturated rings. The van der Waals surface area contributed by atoms with Gasteiger partial charge in [0, 0.05) is 19.6 Å². The normalized spacial score (nSPS) is 14.9. The highest BCUT2D eigenvalue weighted by atomic mass is 79.9. The van der Waals surface area contributed by atoms with Crippen molar-refractivity contribution in [2.24, 2.45) is 0 Å². The molecule has 0 saturated carbocycles. The van der Waals surface area contributed by atoms with Crippen LogP contribution in [-0.2, 0) is 10.0 Å². The molecule has 1 N–H and O–H groups in total. The van der Waals surface area contributed by atoms with E-state index in [1.165, 1.54) is 22.5 Å². The summed E-state index contributed by atoms with van der Waals surface area (Å²) in [6.45, 7) is 1.41. The first kappa shape index (κ1) is 21.6. The molecule has 0 atom stereocenters. The smallest absolute Gasteiger partial charge is 0.365 e. The second-order valence-corrected chi connectivity index (χ2v) is 9.81. The van der Waals surface area contributed by atoms with Crippen molar-refractivity contribution >= 4 is 31.8 Å². The summed E-state index contributed by atoms with van der Waals surface area (Å²) in [7, 11) is -3.28. The fourth-order valence-electron chi connectivity index (χ4n) is 3.26. The van der Waals surface area contributed by atoms with E-state index in [2.05, 4.69) is 36.7 Å². The van der Waals surface area contributed by atoms with Gasteiger partial charge in [0.25, 0.3) is 0 Å². The third-order valence-electron chi connectivity index (χ3n) is 4.80. The summed E-state index contributed by atoms with van der Waals surface area (Å²) in [6, 6.07) is 3.96. The summed E-state index contributed by atoms with van der Waals surface area (Å²) in [5, 5.41) is 14.2.